The largest absolute Gasteiger partial charge is 0.335 e. The Labute approximate surface area is 109 Å². The van der Waals surface area contributed by atoms with Gasteiger partial charge in [-0.1, -0.05) is 0 Å². The zero-order valence-corrected chi connectivity index (χ0v) is 10.2. The number of likely N-dealkylation sites (tertiary alicyclic amines) is 1. The van der Waals surface area contributed by atoms with Crippen LogP contribution in [0.3, 0.4) is 0 Å². The maximum Gasteiger partial charge on any atom is 0.305 e. The van der Waals surface area contributed by atoms with Crippen molar-refractivity contribution in [1.29, 1.82) is 0 Å². The van der Waals surface area contributed by atoms with Crippen molar-refractivity contribution in [1.82, 2.24) is 4.90 Å². The molecular formula is C13H13FN2O3. The lowest BCUT2D eigenvalue weighted by molar-refractivity contribution is -0.387. The fraction of sp³-hybridized carbons (Fsp3) is 0.462. The molecule has 1 aromatic carbocycles. The lowest BCUT2D eigenvalue weighted by Gasteiger charge is -2.27. The topological polar surface area (TPSA) is 63.4 Å². The number of rotatable bonds is 2. The first kappa shape index (κ1) is 12.1. The van der Waals surface area contributed by atoms with Crippen molar-refractivity contribution in [3.05, 3.63) is 39.7 Å². The summed E-state index contributed by atoms with van der Waals surface area (Å²) in [6.07, 6.45) is 3.17. The normalized spacial score (nSPS) is 24.8. The Morgan fingerprint density at radius 2 is 2.21 bits per heavy atom. The molecule has 1 amide bonds. The van der Waals surface area contributed by atoms with Crippen LogP contribution in [0.1, 0.15) is 29.6 Å². The Balaban J connectivity index is 1.88. The van der Waals surface area contributed by atoms with E-state index in [2.05, 4.69) is 0 Å². The molecule has 19 heavy (non-hydrogen) atoms. The van der Waals surface area contributed by atoms with E-state index in [1.54, 1.807) is 4.90 Å². The van der Waals surface area contributed by atoms with Gasteiger partial charge in [-0.3, -0.25) is 14.9 Å². The number of carbonyl (C=O) groups is 1. The second-order valence-corrected chi connectivity index (χ2v) is 5.21. The van der Waals surface area contributed by atoms with Crippen molar-refractivity contribution in [3.63, 3.8) is 0 Å². The molecule has 0 radical (unpaired) electrons. The molecule has 6 heteroatoms. The fourth-order valence-corrected chi connectivity index (χ4v) is 3.12. The predicted octanol–water partition coefficient (Wildman–Crippen LogP) is 2.36. The number of hydrogen-bond acceptors (Lipinski definition) is 3. The van der Waals surface area contributed by atoms with Gasteiger partial charge >= 0.3 is 5.69 Å². The van der Waals surface area contributed by atoms with Crippen LogP contribution in [0.25, 0.3) is 0 Å². The van der Waals surface area contributed by atoms with Gasteiger partial charge in [-0.15, -0.1) is 0 Å². The number of nitro groups is 1. The highest BCUT2D eigenvalue weighted by Crippen LogP contribution is 2.38. The number of carbonyl (C=O) groups excluding carboxylic acids is 1. The predicted molar refractivity (Wildman–Crippen MR) is 65.2 cm³/mol. The number of hydrogen-bond donors (Lipinski definition) is 0. The van der Waals surface area contributed by atoms with E-state index >= 15 is 0 Å². The maximum absolute atomic E-state index is 13.2. The number of nitrogens with zero attached hydrogens (tertiary/aromatic N) is 2. The highest BCUT2D eigenvalue weighted by molar-refractivity contribution is 5.95. The molecule has 2 unspecified atom stereocenters. The van der Waals surface area contributed by atoms with E-state index < -0.39 is 16.4 Å². The minimum absolute atomic E-state index is 0.195. The molecule has 0 N–H and O–H groups in total. The lowest BCUT2D eigenvalue weighted by atomic mass is 10.1. The SMILES string of the molecule is O=C(c1ccc(F)c([N+](=O)[O-])c1)N1CC2CCC1C2. The molecule has 100 valence electrons. The summed E-state index contributed by atoms with van der Waals surface area (Å²) >= 11 is 0. The third kappa shape index (κ3) is 1.97. The monoisotopic (exact) mass is 264 g/mol. The summed E-state index contributed by atoms with van der Waals surface area (Å²) in [6.45, 7) is 0.717. The minimum Gasteiger partial charge on any atom is -0.335 e. The van der Waals surface area contributed by atoms with E-state index in [1.807, 2.05) is 0 Å². The summed E-state index contributed by atoms with van der Waals surface area (Å²) < 4.78 is 13.2. The summed E-state index contributed by atoms with van der Waals surface area (Å²) in [5.41, 5.74) is -0.448. The number of nitro benzene ring substituents is 1. The average molecular weight is 264 g/mol. The Bertz CT molecular complexity index is 561. The average Bonchev–Trinajstić information content (AvgIpc) is 3.00. The van der Waals surface area contributed by atoms with E-state index in [0.717, 1.165) is 31.4 Å². The molecule has 0 aromatic heterocycles. The first-order chi connectivity index (χ1) is 9.06. The number of halogens is 1. The van der Waals surface area contributed by atoms with Crippen molar-refractivity contribution >= 4 is 11.6 Å². The zero-order chi connectivity index (χ0) is 13.6. The molecular weight excluding hydrogens is 251 g/mol. The number of fused-ring (bicyclic) bond motifs is 2. The molecule has 2 fully saturated rings. The molecule has 3 rings (SSSR count). The first-order valence-electron chi connectivity index (χ1n) is 6.31. The van der Waals surface area contributed by atoms with Crippen LogP contribution in [-0.2, 0) is 0 Å². The van der Waals surface area contributed by atoms with Crippen LogP contribution in [0, 0.1) is 21.8 Å². The molecule has 2 bridgehead atoms. The quantitative estimate of drug-likeness (QED) is 0.608. The van der Waals surface area contributed by atoms with Crippen LogP contribution in [0.15, 0.2) is 18.2 Å². The Hall–Kier alpha value is -1.98. The molecule has 1 aromatic rings. The van der Waals surface area contributed by atoms with Crippen molar-refractivity contribution in [2.75, 3.05) is 6.54 Å². The van der Waals surface area contributed by atoms with Crippen LogP contribution in [0.2, 0.25) is 0 Å². The van der Waals surface area contributed by atoms with Gasteiger partial charge in [0.1, 0.15) is 0 Å². The molecule has 1 saturated heterocycles. The van der Waals surface area contributed by atoms with Gasteiger partial charge in [-0.2, -0.15) is 4.39 Å². The Kier molecular flexibility index (Phi) is 2.73. The third-order valence-electron chi connectivity index (χ3n) is 4.06. The summed E-state index contributed by atoms with van der Waals surface area (Å²) in [5.74, 6) is -0.579. The van der Waals surface area contributed by atoms with Gasteiger partial charge in [0.05, 0.1) is 4.92 Å². The van der Waals surface area contributed by atoms with Crippen LogP contribution in [0.5, 0.6) is 0 Å². The lowest BCUT2D eigenvalue weighted by Crippen LogP contribution is -2.37. The second-order valence-electron chi connectivity index (χ2n) is 5.21. The van der Waals surface area contributed by atoms with Gasteiger partial charge in [0.15, 0.2) is 0 Å². The van der Waals surface area contributed by atoms with E-state index in [4.69, 9.17) is 0 Å². The van der Waals surface area contributed by atoms with E-state index in [9.17, 15) is 19.3 Å². The second kappa shape index (κ2) is 4.29. The molecule has 1 aliphatic carbocycles. The standard InChI is InChI=1S/C13H13FN2O3/c14-11-4-2-9(6-12(11)16(18)19)13(17)15-7-8-1-3-10(15)5-8/h2,4,6,8,10H,1,3,5,7H2. The van der Waals surface area contributed by atoms with Gasteiger partial charge < -0.3 is 4.90 Å². The van der Waals surface area contributed by atoms with E-state index in [1.165, 1.54) is 6.07 Å². The fourth-order valence-electron chi connectivity index (χ4n) is 3.12. The number of piperidine rings is 1. The third-order valence-corrected chi connectivity index (χ3v) is 4.06. The minimum atomic E-state index is -0.913. The Morgan fingerprint density at radius 3 is 2.79 bits per heavy atom. The molecule has 1 aliphatic heterocycles. The van der Waals surface area contributed by atoms with Crippen molar-refractivity contribution < 1.29 is 14.1 Å². The maximum atomic E-state index is 13.2. The smallest absolute Gasteiger partial charge is 0.305 e. The molecule has 2 aliphatic rings. The number of benzene rings is 1. The van der Waals surface area contributed by atoms with E-state index in [-0.39, 0.29) is 17.5 Å². The number of amides is 1. The van der Waals surface area contributed by atoms with Gasteiger partial charge in [-0.25, -0.2) is 0 Å². The highest BCUT2D eigenvalue weighted by Gasteiger charge is 2.40. The van der Waals surface area contributed by atoms with Crippen molar-refractivity contribution in [2.24, 2.45) is 5.92 Å². The summed E-state index contributed by atoms with van der Waals surface area (Å²) in [6, 6.07) is 3.58. The summed E-state index contributed by atoms with van der Waals surface area (Å²) in [7, 11) is 0. The molecule has 2 atom stereocenters. The molecule has 5 nitrogen and oxygen atoms in total. The molecule has 1 saturated carbocycles. The van der Waals surface area contributed by atoms with Gasteiger partial charge in [0.25, 0.3) is 5.91 Å². The Morgan fingerprint density at radius 1 is 1.42 bits per heavy atom. The van der Waals surface area contributed by atoms with Gasteiger partial charge in [0.2, 0.25) is 5.82 Å². The van der Waals surface area contributed by atoms with Crippen LogP contribution in [-0.4, -0.2) is 28.3 Å². The summed E-state index contributed by atoms with van der Waals surface area (Å²) in [5, 5.41) is 10.7. The molecule has 0 spiro atoms. The van der Waals surface area contributed by atoms with Crippen molar-refractivity contribution in [2.45, 2.75) is 25.3 Å². The van der Waals surface area contributed by atoms with Gasteiger partial charge in [-0.05, 0) is 37.3 Å². The summed E-state index contributed by atoms with van der Waals surface area (Å²) in [4.78, 5) is 24.0. The highest BCUT2D eigenvalue weighted by atomic mass is 19.1. The molecule has 1 heterocycles. The van der Waals surface area contributed by atoms with Crippen molar-refractivity contribution in [3.8, 4) is 0 Å². The van der Waals surface area contributed by atoms with Crippen LogP contribution in [0.4, 0.5) is 10.1 Å². The van der Waals surface area contributed by atoms with Crippen LogP contribution >= 0.6 is 0 Å². The first-order valence-corrected chi connectivity index (χ1v) is 6.31. The van der Waals surface area contributed by atoms with Gasteiger partial charge in [0, 0.05) is 24.2 Å². The van der Waals surface area contributed by atoms with Crippen LogP contribution < -0.4 is 0 Å². The van der Waals surface area contributed by atoms with E-state index in [0.29, 0.717) is 12.5 Å². The zero-order valence-electron chi connectivity index (χ0n) is 10.2.